The van der Waals surface area contributed by atoms with Gasteiger partial charge in [0.1, 0.15) is 0 Å². The lowest BCUT2D eigenvalue weighted by molar-refractivity contribution is 0.660. The molecular formula is C36H33N. The molecule has 0 saturated heterocycles. The van der Waals surface area contributed by atoms with Crippen molar-refractivity contribution in [2.45, 2.75) is 32.1 Å². The van der Waals surface area contributed by atoms with E-state index in [4.69, 9.17) is 5.73 Å². The lowest BCUT2D eigenvalue weighted by Crippen LogP contribution is -2.14. The summed E-state index contributed by atoms with van der Waals surface area (Å²) in [5.41, 5.74) is 20.7. The Morgan fingerprint density at radius 3 is 1.84 bits per heavy atom. The van der Waals surface area contributed by atoms with E-state index in [-0.39, 0.29) is 5.41 Å². The predicted molar refractivity (Wildman–Crippen MR) is 157 cm³/mol. The van der Waals surface area contributed by atoms with Gasteiger partial charge in [0, 0.05) is 5.41 Å². The predicted octanol–water partition coefficient (Wildman–Crippen LogP) is 8.42. The van der Waals surface area contributed by atoms with Gasteiger partial charge in [-0.3, -0.25) is 0 Å². The van der Waals surface area contributed by atoms with E-state index in [1.165, 1.54) is 61.2 Å². The molecule has 5 aromatic carbocycles. The van der Waals surface area contributed by atoms with E-state index in [1.54, 1.807) is 0 Å². The second kappa shape index (κ2) is 9.50. The largest absolute Gasteiger partial charge is 0.330 e. The summed E-state index contributed by atoms with van der Waals surface area (Å²) in [6.45, 7) is 5.34. The first-order chi connectivity index (χ1) is 18.1. The topological polar surface area (TPSA) is 26.0 Å². The molecule has 0 bridgehead atoms. The highest BCUT2D eigenvalue weighted by Crippen LogP contribution is 2.51. The van der Waals surface area contributed by atoms with Gasteiger partial charge >= 0.3 is 0 Å². The second-order valence-electron chi connectivity index (χ2n) is 10.6. The zero-order valence-corrected chi connectivity index (χ0v) is 21.7. The van der Waals surface area contributed by atoms with Crippen LogP contribution in [0.15, 0.2) is 115 Å². The first kappa shape index (κ1) is 23.5. The lowest BCUT2D eigenvalue weighted by atomic mass is 9.82. The third-order valence-electron chi connectivity index (χ3n) is 8.01. The Balaban J connectivity index is 1.35. The zero-order chi connectivity index (χ0) is 25.4. The Labute approximate surface area is 220 Å². The first-order valence-corrected chi connectivity index (χ1v) is 13.3. The molecule has 6 rings (SSSR count). The fourth-order valence-electron chi connectivity index (χ4n) is 6.11. The van der Waals surface area contributed by atoms with Crippen molar-refractivity contribution >= 4 is 0 Å². The molecule has 0 unspecified atom stereocenters. The van der Waals surface area contributed by atoms with Crippen molar-refractivity contribution in [3.8, 4) is 33.4 Å². The number of hydrogen-bond acceptors (Lipinski definition) is 1. The molecule has 0 fully saturated rings. The zero-order valence-electron chi connectivity index (χ0n) is 21.7. The van der Waals surface area contributed by atoms with E-state index in [2.05, 4.69) is 129 Å². The molecule has 0 heterocycles. The number of hydrogen-bond donors (Lipinski definition) is 1. The Morgan fingerprint density at radius 2 is 1.11 bits per heavy atom. The fourth-order valence-corrected chi connectivity index (χ4v) is 6.11. The monoisotopic (exact) mass is 479 g/mol. The molecule has 2 N–H and O–H groups in total. The summed E-state index contributed by atoms with van der Waals surface area (Å²) >= 11 is 0. The maximum absolute atomic E-state index is 5.91. The van der Waals surface area contributed by atoms with Gasteiger partial charge in [0.2, 0.25) is 0 Å². The fraction of sp³-hybridized carbons (Fsp3) is 0.167. The number of fused-ring (bicyclic) bond motifs is 3. The molecule has 182 valence electrons. The first-order valence-electron chi connectivity index (χ1n) is 13.3. The van der Waals surface area contributed by atoms with Crippen LogP contribution in [0, 0.1) is 0 Å². The van der Waals surface area contributed by atoms with Gasteiger partial charge in [0.15, 0.2) is 0 Å². The maximum Gasteiger partial charge on any atom is 0.0159 e. The highest BCUT2D eigenvalue weighted by molar-refractivity contribution is 5.92. The van der Waals surface area contributed by atoms with Crippen LogP contribution in [0.4, 0.5) is 0 Å². The maximum atomic E-state index is 5.91. The van der Waals surface area contributed by atoms with E-state index in [9.17, 15) is 0 Å². The Hall–Kier alpha value is -3.94. The van der Waals surface area contributed by atoms with Gasteiger partial charge in [0.05, 0.1) is 0 Å². The number of benzene rings is 5. The lowest BCUT2D eigenvalue weighted by Gasteiger charge is -2.21. The van der Waals surface area contributed by atoms with Gasteiger partial charge in [-0.2, -0.15) is 0 Å². The van der Waals surface area contributed by atoms with Crippen LogP contribution in [-0.2, 0) is 18.3 Å². The van der Waals surface area contributed by atoms with Crippen LogP contribution in [-0.4, -0.2) is 6.54 Å². The third kappa shape index (κ3) is 4.10. The van der Waals surface area contributed by atoms with Crippen LogP contribution in [0.25, 0.3) is 33.4 Å². The van der Waals surface area contributed by atoms with Crippen molar-refractivity contribution in [2.75, 3.05) is 6.54 Å². The minimum absolute atomic E-state index is 0.0196. The molecule has 1 nitrogen and oxygen atoms in total. The SMILES string of the molecule is CC1(C)c2ccccc2-c2c(-c3ccc(Cc4ccccc4-c4ccccc4CCN)cc3)cccc21. The summed E-state index contributed by atoms with van der Waals surface area (Å²) in [6.07, 6.45) is 1.79. The Bertz CT molecular complexity index is 1570. The molecule has 37 heavy (non-hydrogen) atoms. The summed E-state index contributed by atoms with van der Waals surface area (Å²) in [5.74, 6) is 0. The normalized spacial score (nSPS) is 13.3. The molecule has 0 atom stereocenters. The van der Waals surface area contributed by atoms with E-state index in [1.807, 2.05) is 0 Å². The molecule has 0 saturated carbocycles. The van der Waals surface area contributed by atoms with Crippen LogP contribution in [0.3, 0.4) is 0 Å². The summed E-state index contributed by atoms with van der Waals surface area (Å²) in [4.78, 5) is 0. The minimum atomic E-state index is 0.0196. The van der Waals surface area contributed by atoms with Crippen molar-refractivity contribution in [3.05, 3.63) is 143 Å². The van der Waals surface area contributed by atoms with Gasteiger partial charge in [-0.25, -0.2) is 0 Å². The summed E-state index contributed by atoms with van der Waals surface area (Å²) < 4.78 is 0. The molecule has 1 aliphatic rings. The van der Waals surface area contributed by atoms with Gasteiger partial charge in [-0.05, 0) is 80.6 Å². The second-order valence-corrected chi connectivity index (χ2v) is 10.6. The van der Waals surface area contributed by atoms with Crippen molar-refractivity contribution < 1.29 is 0 Å². The van der Waals surface area contributed by atoms with Gasteiger partial charge < -0.3 is 5.73 Å². The number of nitrogens with two attached hydrogens (primary N) is 1. The molecule has 0 radical (unpaired) electrons. The Morgan fingerprint density at radius 1 is 0.541 bits per heavy atom. The van der Waals surface area contributed by atoms with Crippen LogP contribution in [0.1, 0.15) is 41.7 Å². The van der Waals surface area contributed by atoms with Crippen LogP contribution in [0.2, 0.25) is 0 Å². The number of rotatable bonds is 6. The molecular weight excluding hydrogens is 446 g/mol. The van der Waals surface area contributed by atoms with Crippen molar-refractivity contribution in [3.63, 3.8) is 0 Å². The smallest absolute Gasteiger partial charge is 0.0159 e. The van der Waals surface area contributed by atoms with E-state index < -0.39 is 0 Å². The summed E-state index contributed by atoms with van der Waals surface area (Å²) in [5, 5.41) is 0. The van der Waals surface area contributed by atoms with Crippen LogP contribution in [0.5, 0.6) is 0 Å². The molecule has 0 spiro atoms. The van der Waals surface area contributed by atoms with E-state index >= 15 is 0 Å². The molecule has 1 heteroatoms. The van der Waals surface area contributed by atoms with Gasteiger partial charge in [-0.15, -0.1) is 0 Å². The van der Waals surface area contributed by atoms with Crippen LogP contribution < -0.4 is 5.73 Å². The average Bonchev–Trinajstić information content (AvgIpc) is 3.17. The van der Waals surface area contributed by atoms with Crippen LogP contribution >= 0.6 is 0 Å². The van der Waals surface area contributed by atoms with Crippen molar-refractivity contribution in [1.29, 1.82) is 0 Å². The van der Waals surface area contributed by atoms with E-state index in [0.717, 1.165) is 12.8 Å². The molecule has 1 aliphatic carbocycles. The molecule has 5 aromatic rings. The van der Waals surface area contributed by atoms with Crippen molar-refractivity contribution in [2.24, 2.45) is 5.73 Å². The Kier molecular flexibility index (Phi) is 6.02. The summed E-state index contributed by atoms with van der Waals surface area (Å²) in [7, 11) is 0. The highest BCUT2D eigenvalue weighted by Gasteiger charge is 2.36. The summed E-state index contributed by atoms with van der Waals surface area (Å²) in [6, 6.07) is 42.3. The third-order valence-corrected chi connectivity index (χ3v) is 8.01. The molecule has 0 aromatic heterocycles. The quantitative estimate of drug-likeness (QED) is 0.260. The minimum Gasteiger partial charge on any atom is -0.330 e. The average molecular weight is 480 g/mol. The molecule has 0 aliphatic heterocycles. The van der Waals surface area contributed by atoms with Gasteiger partial charge in [-0.1, -0.05) is 129 Å². The molecule has 0 amide bonds. The van der Waals surface area contributed by atoms with Gasteiger partial charge in [0.25, 0.3) is 0 Å². The van der Waals surface area contributed by atoms with Crippen molar-refractivity contribution in [1.82, 2.24) is 0 Å². The van der Waals surface area contributed by atoms with E-state index in [0.29, 0.717) is 6.54 Å². The standard InChI is InChI=1S/C36H33N/c1-36(2)33-16-8-7-14-32(33)35-31(15-9-17-34(35)36)27-20-18-25(19-21-27)24-28-11-4-6-13-30(28)29-12-5-3-10-26(29)22-23-37/h3-21H,22-24,37H2,1-2H3. The highest BCUT2D eigenvalue weighted by atomic mass is 14.5.